The van der Waals surface area contributed by atoms with Crippen molar-refractivity contribution in [1.29, 1.82) is 0 Å². The fourth-order valence-electron chi connectivity index (χ4n) is 2.10. The van der Waals surface area contributed by atoms with Crippen molar-refractivity contribution in [3.05, 3.63) is 34.6 Å². The fourth-order valence-corrected chi connectivity index (χ4v) is 2.22. The number of β-amino-alcohol motifs (C(OH)–C–C–N with tert-alkyl or cyclic N) is 1. The maximum Gasteiger partial charge on any atom is 0.142 e. The molecule has 1 aliphatic rings. The normalized spacial score (nSPS) is 19.4. The van der Waals surface area contributed by atoms with E-state index in [0.717, 1.165) is 5.56 Å². The van der Waals surface area contributed by atoms with E-state index in [1.165, 1.54) is 6.07 Å². The van der Waals surface area contributed by atoms with Crippen LogP contribution in [0.25, 0.3) is 0 Å². The van der Waals surface area contributed by atoms with Crippen molar-refractivity contribution in [2.45, 2.75) is 26.0 Å². The van der Waals surface area contributed by atoms with E-state index in [4.69, 9.17) is 11.6 Å². The van der Waals surface area contributed by atoms with E-state index in [2.05, 4.69) is 4.90 Å². The van der Waals surface area contributed by atoms with Crippen molar-refractivity contribution in [2.75, 3.05) is 13.1 Å². The molecule has 4 heteroatoms. The summed E-state index contributed by atoms with van der Waals surface area (Å²) in [7, 11) is 0. The van der Waals surface area contributed by atoms with Crippen LogP contribution in [-0.2, 0) is 6.54 Å². The third kappa shape index (κ3) is 2.62. The second-order valence-corrected chi connectivity index (χ2v) is 5.56. The SMILES string of the molecule is CC(C)C1(O)CN(Cc2ccc(Cl)c(F)c2)C1. The Kier molecular flexibility index (Phi) is 3.43. The first-order valence-electron chi connectivity index (χ1n) is 5.79. The Morgan fingerprint density at radius 1 is 1.47 bits per heavy atom. The first-order valence-corrected chi connectivity index (χ1v) is 6.17. The smallest absolute Gasteiger partial charge is 0.142 e. The average Bonchev–Trinajstić information content (AvgIpc) is 2.20. The number of halogens is 2. The van der Waals surface area contributed by atoms with Crippen molar-refractivity contribution in [3.63, 3.8) is 0 Å². The minimum atomic E-state index is -0.578. The molecule has 1 heterocycles. The molecule has 1 fully saturated rings. The summed E-state index contributed by atoms with van der Waals surface area (Å²) in [5, 5.41) is 10.2. The fraction of sp³-hybridized carbons (Fsp3) is 0.538. The monoisotopic (exact) mass is 257 g/mol. The van der Waals surface area contributed by atoms with Gasteiger partial charge in [-0.3, -0.25) is 4.90 Å². The molecule has 1 saturated heterocycles. The van der Waals surface area contributed by atoms with E-state index < -0.39 is 5.60 Å². The highest BCUT2D eigenvalue weighted by Crippen LogP contribution is 2.30. The number of nitrogens with zero attached hydrogens (tertiary/aromatic N) is 1. The molecule has 0 spiro atoms. The zero-order chi connectivity index (χ0) is 12.6. The van der Waals surface area contributed by atoms with Gasteiger partial charge in [0.1, 0.15) is 5.82 Å². The van der Waals surface area contributed by atoms with Crippen molar-refractivity contribution in [2.24, 2.45) is 5.92 Å². The predicted molar refractivity (Wildman–Crippen MR) is 66.5 cm³/mol. The lowest BCUT2D eigenvalue weighted by Gasteiger charge is -2.49. The first kappa shape index (κ1) is 12.8. The van der Waals surface area contributed by atoms with E-state index >= 15 is 0 Å². The summed E-state index contributed by atoms with van der Waals surface area (Å²) in [5.41, 5.74) is 0.308. The van der Waals surface area contributed by atoms with Crippen LogP contribution in [0.2, 0.25) is 5.02 Å². The molecule has 1 aromatic rings. The van der Waals surface area contributed by atoms with Crippen LogP contribution >= 0.6 is 11.6 Å². The summed E-state index contributed by atoms with van der Waals surface area (Å²) >= 11 is 5.62. The summed E-state index contributed by atoms with van der Waals surface area (Å²) in [6, 6.07) is 4.84. The molecule has 1 aliphatic heterocycles. The van der Waals surface area contributed by atoms with E-state index in [-0.39, 0.29) is 16.8 Å². The summed E-state index contributed by atoms with van der Waals surface area (Å²) in [6.07, 6.45) is 0. The molecule has 2 nitrogen and oxygen atoms in total. The second kappa shape index (κ2) is 4.56. The third-order valence-electron chi connectivity index (χ3n) is 3.46. The quantitative estimate of drug-likeness (QED) is 0.900. The van der Waals surface area contributed by atoms with Gasteiger partial charge >= 0.3 is 0 Å². The Bertz CT molecular complexity index is 416. The van der Waals surface area contributed by atoms with Crippen LogP contribution in [0.4, 0.5) is 4.39 Å². The van der Waals surface area contributed by atoms with Gasteiger partial charge in [-0.25, -0.2) is 4.39 Å². The van der Waals surface area contributed by atoms with E-state index in [1.54, 1.807) is 6.07 Å². The minimum Gasteiger partial charge on any atom is -0.387 e. The number of benzene rings is 1. The van der Waals surface area contributed by atoms with Gasteiger partial charge in [-0.2, -0.15) is 0 Å². The summed E-state index contributed by atoms with van der Waals surface area (Å²) in [6.45, 7) is 5.98. The van der Waals surface area contributed by atoms with Crippen LogP contribution in [0.1, 0.15) is 19.4 Å². The maximum atomic E-state index is 13.2. The molecule has 94 valence electrons. The maximum absolute atomic E-state index is 13.2. The Balaban J connectivity index is 1.94. The second-order valence-electron chi connectivity index (χ2n) is 5.15. The van der Waals surface area contributed by atoms with Crippen molar-refractivity contribution >= 4 is 11.6 Å². The van der Waals surface area contributed by atoms with Gasteiger partial charge < -0.3 is 5.11 Å². The van der Waals surface area contributed by atoms with Gasteiger partial charge in [-0.15, -0.1) is 0 Å². The zero-order valence-electron chi connectivity index (χ0n) is 10.1. The molecule has 2 rings (SSSR count). The van der Waals surface area contributed by atoms with Crippen LogP contribution in [0.3, 0.4) is 0 Å². The van der Waals surface area contributed by atoms with Gasteiger partial charge in [-0.1, -0.05) is 31.5 Å². The summed E-state index contributed by atoms with van der Waals surface area (Å²) in [5.74, 6) is -0.135. The zero-order valence-corrected chi connectivity index (χ0v) is 10.8. The van der Waals surface area contributed by atoms with Gasteiger partial charge in [0.05, 0.1) is 10.6 Å². The molecule has 1 aromatic carbocycles. The number of likely N-dealkylation sites (tertiary alicyclic amines) is 1. The van der Waals surface area contributed by atoms with Gasteiger partial charge in [0.2, 0.25) is 0 Å². The van der Waals surface area contributed by atoms with Crippen molar-refractivity contribution in [1.82, 2.24) is 4.90 Å². The molecule has 0 aliphatic carbocycles. The Labute approximate surface area is 106 Å². The van der Waals surface area contributed by atoms with Gasteiger partial charge in [0, 0.05) is 19.6 Å². The van der Waals surface area contributed by atoms with Gasteiger partial charge in [0.15, 0.2) is 0 Å². The van der Waals surface area contributed by atoms with Crippen LogP contribution in [0, 0.1) is 11.7 Å². The van der Waals surface area contributed by atoms with Crippen LogP contribution in [0.5, 0.6) is 0 Å². The first-order chi connectivity index (χ1) is 7.90. The Morgan fingerprint density at radius 3 is 2.65 bits per heavy atom. The molecular weight excluding hydrogens is 241 g/mol. The van der Waals surface area contributed by atoms with Crippen molar-refractivity contribution < 1.29 is 9.50 Å². The molecule has 0 atom stereocenters. The van der Waals surface area contributed by atoms with Crippen LogP contribution in [0.15, 0.2) is 18.2 Å². The number of hydrogen-bond donors (Lipinski definition) is 1. The summed E-state index contributed by atoms with van der Waals surface area (Å²) < 4.78 is 13.2. The standard InChI is InChI=1S/C13H17ClFNO/c1-9(2)13(17)7-16(8-13)6-10-3-4-11(14)12(15)5-10/h3-5,9,17H,6-8H2,1-2H3. The predicted octanol–water partition coefficient (Wildman–Crippen LogP) is 2.68. The van der Waals surface area contributed by atoms with Gasteiger partial charge in [0.25, 0.3) is 0 Å². The minimum absolute atomic E-state index is 0.149. The average molecular weight is 258 g/mol. The van der Waals surface area contributed by atoms with E-state index in [9.17, 15) is 9.50 Å². The van der Waals surface area contributed by atoms with Crippen LogP contribution < -0.4 is 0 Å². The molecule has 0 bridgehead atoms. The molecule has 0 radical (unpaired) electrons. The lowest BCUT2D eigenvalue weighted by atomic mass is 9.83. The highest BCUT2D eigenvalue weighted by Gasteiger charge is 2.43. The lowest BCUT2D eigenvalue weighted by molar-refractivity contribution is -0.130. The summed E-state index contributed by atoms with van der Waals surface area (Å²) in [4.78, 5) is 2.10. The molecular formula is C13H17ClFNO. The Morgan fingerprint density at radius 2 is 2.12 bits per heavy atom. The highest BCUT2D eigenvalue weighted by atomic mass is 35.5. The van der Waals surface area contributed by atoms with E-state index in [1.807, 2.05) is 19.9 Å². The number of rotatable bonds is 3. The van der Waals surface area contributed by atoms with E-state index in [0.29, 0.717) is 19.6 Å². The topological polar surface area (TPSA) is 23.5 Å². The number of aliphatic hydroxyl groups is 1. The molecule has 0 saturated carbocycles. The highest BCUT2D eigenvalue weighted by molar-refractivity contribution is 6.30. The molecule has 1 N–H and O–H groups in total. The third-order valence-corrected chi connectivity index (χ3v) is 3.77. The molecule has 0 amide bonds. The lowest BCUT2D eigenvalue weighted by Crippen LogP contribution is -2.63. The van der Waals surface area contributed by atoms with Gasteiger partial charge in [-0.05, 0) is 23.6 Å². The molecule has 0 aromatic heterocycles. The van der Waals surface area contributed by atoms with Crippen molar-refractivity contribution in [3.8, 4) is 0 Å². The molecule has 0 unspecified atom stereocenters. The molecule has 17 heavy (non-hydrogen) atoms. The largest absolute Gasteiger partial charge is 0.387 e. The van der Waals surface area contributed by atoms with Crippen LogP contribution in [-0.4, -0.2) is 28.7 Å². The Hall–Kier alpha value is -0.640. The number of hydrogen-bond acceptors (Lipinski definition) is 2.